The van der Waals surface area contributed by atoms with Crippen LogP contribution in [0, 0.1) is 11.3 Å². The molecule has 2 aliphatic rings. The van der Waals surface area contributed by atoms with E-state index in [2.05, 4.69) is 5.32 Å². The Bertz CT molecular complexity index is 242. The monoisotopic (exact) mass is 211 g/mol. The first kappa shape index (κ1) is 10.9. The maximum absolute atomic E-state index is 11.4. The lowest BCUT2D eigenvalue weighted by atomic mass is 10.0. The van der Waals surface area contributed by atoms with Gasteiger partial charge in [0.15, 0.2) is 0 Å². The van der Waals surface area contributed by atoms with Gasteiger partial charge in [-0.3, -0.25) is 4.79 Å². The minimum absolute atomic E-state index is 0.0998. The molecular formula is C12H21NO2. The molecule has 0 radical (unpaired) electrons. The Balaban J connectivity index is 1.63. The Hall–Kier alpha value is -0.570. The fraction of sp³-hybridized carbons (Fsp3) is 0.917. The van der Waals surface area contributed by atoms with Crippen LogP contribution in [-0.2, 0) is 4.79 Å². The molecule has 0 aliphatic heterocycles. The molecule has 3 heteroatoms. The minimum atomic E-state index is -0.367. The average Bonchev–Trinajstić information content (AvgIpc) is 3.01. The molecule has 2 rings (SSSR count). The largest absolute Gasteiger partial charge is 0.393 e. The number of carbonyl (C=O) groups excluding carboxylic acids is 1. The summed E-state index contributed by atoms with van der Waals surface area (Å²) in [6.07, 6.45) is 5.99. The highest BCUT2D eigenvalue weighted by Gasteiger charge is 2.53. The molecule has 2 saturated carbocycles. The summed E-state index contributed by atoms with van der Waals surface area (Å²) in [5.41, 5.74) is 0.487. The van der Waals surface area contributed by atoms with Gasteiger partial charge in [0.05, 0.1) is 6.10 Å². The maximum Gasteiger partial charge on any atom is 0.220 e. The predicted octanol–water partition coefficient (Wildman–Crippen LogP) is 1.45. The summed E-state index contributed by atoms with van der Waals surface area (Å²) >= 11 is 0. The van der Waals surface area contributed by atoms with Crippen molar-refractivity contribution in [3.05, 3.63) is 0 Å². The number of rotatable bonds is 6. The van der Waals surface area contributed by atoms with Crippen molar-refractivity contribution in [2.75, 3.05) is 6.54 Å². The second-order valence-corrected chi connectivity index (χ2v) is 5.30. The van der Waals surface area contributed by atoms with Crippen LogP contribution >= 0.6 is 0 Å². The number of carbonyl (C=O) groups is 1. The summed E-state index contributed by atoms with van der Waals surface area (Å²) in [6, 6.07) is 0. The third kappa shape index (κ3) is 2.94. The molecule has 86 valence electrons. The Morgan fingerprint density at radius 3 is 2.67 bits per heavy atom. The second kappa shape index (κ2) is 4.12. The lowest BCUT2D eigenvalue weighted by molar-refractivity contribution is -0.121. The van der Waals surface area contributed by atoms with Crippen LogP contribution in [0.15, 0.2) is 0 Å². The van der Waals surface area contributed by atoms with Crippen molar-refractivity contribution >= 4 is 5.91 Å². The maximum atomic E-state index is 11.4. The molecule has 0 aromatic heterocycles. The molecule has 0 spiro atoms. The predicted molar refractivity (Wildman–Crippen MR) is 58.3 cm³/mol. The SMILES string of the molecule is CC(O)CCC(=O)NCC1(C2CC2)CC1. The van der Waals surface area contributed by atoms with Crippen LogP contribution < -0.4 is 5.32 Å². The highest BCUT2D eigenvalue weighted by Crippen LogP contribution is 2.60. The van der Waals surface area contributed by atoms with E-state index in [1.165, 1.54) is 25.7 Å². The van der Waals surface area contributed by atoms with Gasteiger partial charge < -0.3 is 10.4 Å². The molecule has 0 aromatic rings. The van der Waals surface area contributed by atoms with E-state index in [0.29, 0.717) is 18.3 Å². The van der Waals surface area contributed by atoms with E-state index >= 15 is 0 Å². The summed E-state index contributed by atoms with van der Waals surface area (Å²) in [5.74, 6) is 0.998. The van der Waals surface area contributed by atoms with Gasteiger partial charge in [-0.05, 0) is 50.4 Å². The number of aliphatic hydroxyl groups excluding tert-OH is 1. The molecule has 3 nitrogen and oxygen atoms in total. The molecule has 15 heavy (non-hydrogen) atoms. The first-order valence-corrected chi connectivity index (χ1v) is 6.07. The van der Waals surface area contributed by atoms with Crippen LogP contribution in [-0.4, -0.2) is 23.7 Å². The van der Waals surface area contributed by atoms with Crippen molar-refractivity contribution in [2.45, 2.75) is 51.6 Å². The van der Waals surface area contributed by atoms with E-state index < -0.39 is 0 Å². The smallest absolute Gasteiger partial charge is 0.220 e. The molecule has 0 heterocycles. The lowest BCUT2D eigenvalue weighted by Gasteiger charge is -2.15. The fourth-order valence-corrected chi connectivity index (χ4v) is 2.29. The molecule has 0 aromatic carbocycles. The van der Waals surface area contributed by atoms with Gasteiger partial charge in [0.25, 0.3) is 0 Å². The number of hydrogen-bond donors (Lipinski definition) is 2. The Labute approximate surface area is 91.2 Å². The van der Waals surface area contributed by atoms with Gasteiger partial charge in [-0.2, -0.15) is 0 Å². The molecule has 0 saturated heterocycles. The average molecular weight is 211 g/mol. The van der Waals surface area contributed by atoms with E-state index in [4.69, 9.17) is 5.11 Å². The molecule has 1 unspecified atom stereocenters. The summed E-state index contributed by atoms with van der Waals surface area (Å²) in [4.78, 5) is 11.4. The van der Waals surface area contributed by atoms with Gasteiger partial charge in [-0.1, -0.05) is 0 Å². The molecule has 2 fully saturated rings. The number of amides is 1. The van der Waals surface area contributed by atoms with Crippen LogP contribution in [0.2, 0.25) is 0 Å². The van der Waals surface area contributed by atoms with Gasteiger partial charge in [0.1, 0.15) is 0 Å². The number of hydrogen-bond acceptors (Lipinski definition) is 2. The molecule has 1 atom stereocenters. The molecular weight excluding hydrogens is 190 g/mol. The highest BCUT2D eigenvalue weighted by atomic mass is 16.3. The highest BCUT2D eigenvalue weighted by molar-refractivity contribution is 5.75. The van der Waals surface area contributed by atoms with Crippen LogP contribution in [0.5, 0.6) is 0 Å². The minimum Gasteiger partial charge on any atom is -0.393 e. The number of nitrogens with one attached hydrogen (secondary N) is 1. The third-order valence-corrected chi connectivity index (χ3v) is 3.76. The van der Waals surface area contributed by atoms with Crippen molar-refractivity contribution in [3.63, 3.8) is 0 Å². The molecule has 0 bridgehead atoms. The zero-order valence-electron chi connectivity index (χ0n) is 9.46. The summed E-state index contributed by atoms with van der Waals surface area (Å²) in [5, 5.41) is 12.1. The summed E-state index contributed by atoms with van der Waals surface area (Å²) in [7, 11) is 0. The lowest BCUT2D eigenvalue weighted by Crippen LogP contribution is -2.31. The normalized spacial score (nSPS) is 24.7. The van der Waals surface area contributed by atoms with E-state index in [-0.39, 0.29) is 12.0 Å². The van der Waals surface area contributed by atoms with Crippen molar-refractivity contribution in [2.24, 2.45) is 11.3 Å². The molecule has 2 N–H and O–H groups in total. The zero-order chi connectivity index (χ0) is 10.9. The van der Waals surface area contributed by atoms with Gasteiger partial charge in [-0.25, -0.2) is 0 Å². The van der Waals surface area contributed by atoms with Crippen LogP contribution in [0.1, 0.15) is 45.4 Å². The van der Waals surface area contributed by atoms with Crippen molar-refractivity contribution in [1.29, 1.82) is 0 Å². The zero-order valence-corrected chi connectivity index (χ0v) is 9.46. The topological polar surface area (TPSA) is 49.3 Å². The van der Waals surface area contributed by atoms with Crippen LogP contribution in [0.4, 0.5) is 0 Å². The Morgan fingerprint density at radius 1 is 1.53 bits per heavy atom. The Morgan fingerprint density at radius 2 is 2.20 bits per heavy atom. The van der Waals surface area contributed by atoms with Gasteiger partial charge in [-0.15, -0.1) is 0 Å². The van der Waals surface area contributed by atoms with E-state index in [1.807, 2.05) is 0 Å². The van der Waals surface area contributed by atoms with E-state index in [1.54, 1.807) is 6.92 Å². The van der Waals surface area contributed by atoms with Gasteiger partial charge in [0, 0.05) is 13.0 Å². The number of aliphatic hydroxyl groups is 1. The van der Waals surface area contributed by atoms with E-state index in [9.17, 15) is 4.79 Å². The van der Waals surface area contributed by atoms with Crippen molar-refractivity contribution < 1.29 is 9.90 Å². The van der Waals surface area contributed by atoms with Crippen LogP contribution in [0.25, 0.3) is 0 Å². The second-order valence-electron chi connectivity index (χ2n) is 5.30. The third-order valence-electron chi connectivity index (χ3n) is 3.76. The Kier molecular flexibility index (Phi) is 3.01. The molecule has 1 amide bonds. The van der Waals surface area contributed by atoms with Crippen LogP contribution in [0.3, 0.4) is 0 Å². The van der Waals surface area contributed by atoms with Gasteiger partial charge in [0.2, 0.25) is 5.91 Å². The fourth-order valence-electron chi connectivity index (χ4n) is 2.29. The van der Waals surface area contributed by atoms with Crippen molar-refractivity contribution in [1.82, 2.24) is 5.32 Å². The summed E-state index contributed by atoms with van der Waals surface area (Å²) in [6.45, 7) is 2.59. The first-order chi connectivity index (χ1) is 7.12. The molecule has 2 aliphatic carbocycles. The standard InChI is InChI=1S/C12H21NO2/c1-9(14)2-5-11(15)13-8-12(6-7-12)10-3-4-10/h9-10,14H,2-8H2,1H3,(H,13,15). The van der Waals surface area contributed by atoms with E-state index in [0.717, 1.165) is 12.5 Å². The summed E-state index contributed by atoms with van der Waals surface area (Å²) < 4.78 is 0. The quantitative estimate of drug-likeness (QED) is 0.698. The van der Waals surface area contributed by atoms with Gasteiger partial charge >= 0.3 is 0 Å². The van der Waals surface area contributed by atoms with Crippen molar-refractivity contribution in [3.8, 4) is 0 Å². The first-order valence-electron chi connectivity index (χ1n) is 6.07.